The number of ether oxygens (including phenoxy) is 1. The Bertz CT molecular complexity index is 904. The van der Waals surface area contributed by atoms with E-state index in [1.165, 1.54) is 36.0 Å². The van der Waals surface area contributed by atoms with Gasteiger partial charge in [-0.2, -0.15) is 0 Å². The van der Waals surface area contributed by atoms with Gasteiger partial charge in [0.05, 0.1) is 12.7 Å². The Kier molecular flexibility index (Phi) is 5.19. The van der Waals surface area contributed by atoms with E-state index in [9.17, 15) is 4.79 Å². The number of aryl methyl sites for hydroxylation is 2. The molecule has 142 valence electrons. The fourth-order valence-corrected chi connectivity index (χ4v) is 5.76. The summed E-state index contributed by atoms with van der Waals surface area (Å²) in [6.45, 7) is 2.26. The zero-order valence-electron chi connectivity index (χ0n) is 15.7. The summed E-state index contributed by atoms with van der Waals surface area (Å²) in [6, 6.07) is 6.43. The van der Waals surface area contributed by atoms with Crippen LogP contribution in [0.4, 0.5) is 10.7 Å². The van der Waals surface area contributed by atoms with Gasteiger partial charge in [0.2, 0.25) is 0 Å². The minimum absolute atomic E-state index is 0.287. The van der Waals surface area contributed by atoms with Gasteiger partial charge in [-0.15, -0.1) is 11.3 Å². The molecule has 1 aromatic carbocycles. The van der Waals surface area contributed by atoms with Gasteiger partial charge in [0.1, 0.15) is 5.00 Å². The lowest BCUT2D eigenvalue weighted by Gasteiger charge is -2.18. The number of esters is 1. The highest BCUT2D eigenvalue weighted by atomic mass is 32.1. The molecule has 1 heterocycles. The van der Waals surface area contributed by atoms with Crippen LogP contribution in [0.1, 0.15) is 51.7 Å². The van der Waals surface area contributed by atoms with Crippen molar-refractivity contribution in [3.8, 4) is 0 Å². The molecular weight excluding hydrogens is 376 g/mol. The molecule has 0 aliphatic heterocycles. The minimum atomic E-state index is -0.287. The molecule has 0 fully saturated rings. The van der Waals surface area contributed by atoms with Gasteiger partial charge in [-0.25, -0.2) is 4.79 Å². The molecule has 2 aromatic rings. The molecule has 0 bridgehead atoms. The third-order valence-electron chi connectivity index (χ3n) is 5.48. The molecule has 4 nitrogen and oxygen atoms in total. The number of carbonyl (C=O) groups is 1. The number of fused-ring (bicyclic) bond motifs is 2. The SMILES string of the molecule is COC(=O)c1c(NC(=S)Nc2ccc3c(c2)CCC3)sc2c1CC[C@H](C)C2. The Balaban J connectivity index is 1.54. The Labute approximate surface area is 169 Å². The summed E-state index contributed by atoms with van der Waals surface area (Å²) in [5.41, 5.74) is 5.61. The first-order valence-corrected chi connectivity index (χ1v) is 10.7. The second kappa shape index (κ2) is 7.60. The topological polar surface area (TPSA) is 50.4 Å². The second-order valence-electron chi connectivity index (χ2n) is 7.46. The molecular formula is C21H24N2O2S2. The fraction of sp³-hybridized carbons (Fsp3) is 0.429. The molecule has 1 atom stereocenters. The fourth-order valence-electron chi connectivity index (χ4n) is 4.07. The third-order valence-corrected chi connectivity index (χ3v) is 6.86. The van der Waals surface area contributed by atoms with Gasteiger partial charge in [-0.3, -0.25) is 0 Å². The lowest BCUT2D eigenvalue weighted by atomic mass is 9.88. The number of nitrogens with one attached hydrogen (secondary N) is 2. The maximum atomic E-state index is 12.4. The molecule has 2 aliphatic rings. The van der Waals surface area contributed by atoms with Crippen molar-refractivity contribution in [2.75, 3.05) is 17.7 Å². The van der Waals surface area contributed by atoms with E-state index in [0.717, 1.165) is 41.9 Å². The van der Waals surface area contributed by atoms with Crippen LogP contribution in [0.2, 0.25) is 0 Å². The van der Waals surface area contributed by atoms with Crippen molar-refractivity contribution in [3.05, 3.63) is 45.3 Å². The van der Waals surface area contributed by atoms with E-state index in [2.05, 4.69) is 35.8 Å². The van der Waals surface area contributed by atoms with Crippen molar-refractivity contribution in [1.82, 2.24) is 0 Å². The number of carbonyl (C=O) groups excluding carboxylic acids is 1. The number of anilines is 2. The van der Waals surface area contributed by atoms with Crippen LogP contribution in [0.15, 0.2) is 18.2 Å². The second-order valence-corrected chi connectivity index (χ2v) is 8.98. The Hall–Kier alpha value is -1.92. The quantitative estimate of drug-likeness (QED) is 0.563. The van der Waals surface area contributed by atoms with E-state index >= 15 is 0 Å². The lowest BCUT2D eigenvalue weighted by Crippen LogP contribution is -2.20. The first-order valence-electron chi connectivity index (χ1n) is 9.47. The molecule has 1 aromatic heterocycles. The Morgan fingerprint density at radius 1 is 1.22 bits per heavy atom. The minimum Gasteiger partial charge on any atom is -0.465 e. The first-order chi connectivity index (χ1) is 13.0. The Morgan fingerprint density at radius 3 is 2.85 bits per heavy atom. The van der Waals surface area contributed by atoms with Gasteiger partial charge >= 0.3 is 5.97 Å². The molecule has 0 saturated heterocycles. The van der Waals surface area contributed by atoms with Crippen LogP contribution in [0.5, 0.6) is 0 Å². The number of thiophene rings is 1. The van der Waals surface area contributed by atoms with Crippen molar-refractivity contribution >= 4 is 45.3 Å². The van der Waals surface area contributed by atoms with Crippen molar-refractivity contribution in [2.45, 2.75) is 45.4 Å². The largest absolute Gasteiger partial charge is 0.465 e. The normalized spacial score (nSPS) is 17.8. The van der Waals surface area contributed by atoms with Crippen molar-refractivity contribution in [1.29, 1.82) is 0 Å². The van der Waals surface area contributed by atoms with Gasteiger partial charge in [-0.1, -0.05) is 13.0 Å². The van der Waals surface area contributed by atoms with Gasteiger partial charge in [0.15, 0.2) is 5.11 Å². The van der Waals surface area contributed by atoms with E-state index in [1.54, 1.807) is 11.3 Å². The highest BCUT2D eigenvalue weighted by molar-refractivity contribution is 7.80. The van der Waals surface area contributed by atoms with Crippen LogP contribution >= 0.6 is 23.6 Å². The summed E-state index contributed by atoms with van der Waals surface area (Å²) in [4.78, 5) is 13.7. The predicted molar refractivity (Wildman–Crippen MR) is 115 cm³/mol. The van der Waals surface area contributed by atoms with Crippen LogP contribution in [0, 0.1) is 5.92 Å². The maximum Gasteiger partial charge on any atom is 0.341 e. The molecule has 0 spiro atoms. The van der Waals surface area contributed by atoms with Crippen LogP contribution in [-0.2, 0) is 30.4 Å². The summed E-state index contributed by atoms with van der Waals surface area (Å²) >= 11 is 7.15. The molecule has 6 heteroatoms. The molecule has 0 unspecified atom stereocenters. The van der Waals surface area contributed by atoms with Gasteiger partial charge in [-0.05, 0) is 85.5 Å². The molecule has 0 saturated carbocycles. The summed E-state index contributed by atoms with van der Waals surface area (Å²) in [7, 11) is 1.43. The molecule has 2 N–H and O–H groups in total. The van der Waals surface area contributed by atoms with Crippen molar-refractivity contribution < 1.29 is 9.53 Å². The average molecular weight is 401 g/mol. The number of hydrogen-bond acceptors (Lipinski definition) is 4. The Morgan fingerprint density at radius 2 is 2.04 bits per heavy atom. The van der Waals surface area contributed by atoms with Crippen LogP contribution in [-0.4, -0.2) is 18.2 Å². The zero-order valence-corrected chi connectivity index (χ0v) is 17.3. The monoisotopic (exact) mass is 400 g/mol. The molecule has 2 aliphatic carbocycles. The maximum absolute atomic E-state index is 12.4. The highest BCUT2D eigenvalue weighted by Gasteiger charge is 2.28. The molecule has 0 radical (unpaired) electrons. The van der Waals surface area contributed by atoms with Gasteiger partial charge < -0.3 is 15.4 Å². The first kappa shape index (κ1) is 18.4. The summed E-state index contributed by atoms with van der Waals surface area (Å²) in [6.07, 6.45) is 6.56. The van der Waals surface area contributed by atoms with Crippen LogP contribution < -0.4 is 10.6 Å². The lowest BCUT2D eigenvalue weighted by molar-refractivity contribution is 0.0601. The third kappa shape index (κ3) is 3.73. The zero-order chi connectivity index (χ0) is 19.0. The average Bonchev–Trinajstić information content (AvgIpc) is 3.24. The number of thiocarbonyl (C=S) groups is 1. The highest BCUT2D eigenvalue weighted by Crippen LogP contribution is 2.40. The van der Waals surface area contributed by atoms with Crippen molar-refractivity contribution in [2.24, 2.45) is 5.92 Å². The van der Waals surface area contributed by atoms with Crippen LogP contribution in [0.25, 0.3) is 0 Å². The number of rotatable bonds is 3. The van der Waals surface area contributed by atoms with Gasteiger partial charge in [0, 0.05) is 10.6 Å². The van der Waals surface area contributed by atoms with Crippen LogP contribution in [0.3, 0.4) is 0 Å². The summed E-state index contributed by atoms with van der Waals surface area (Å²) < 4.78 is 5.04. The van der Waals surface area contributed by atoms with Crippen molar-refractivity contribution in [3.63, 3.8) is 0 Å². The molecule has 27 heavy (non-hydrogen) atoms. The van der Waals surface area contributed by atoms with E-state index < -0.39 is 0 Å². The predicted octanol–water partition coefficient (Wildman–Crippen LogP) is 4.96. The van der Waals surface area contributed by atoms with E-state index in [0.29, 0.717) is 16.6 Å². The molecule has 4 rings (SSSR count). The van der Waals surface area contributed by atoms with E-state index in [1.807, 2.05) is 0 Å². The molecule has 0 amide bonds. The number of hydrogen-bond donors (Lipinski definition) is 2. The van der Waals surface area contributed by atoms with Gasteiger partial charge in [0.25, 0.3) is 0 Å². The standard InChI is InChI=1S/C21H24N2O2S2/c1-12-6-9-16-17(10-12)27-19(18(16)20(24)25-2)23-21(26)22-15-8-7-13-4-3-5-14(13)11-15/h7-8,11-12H,3-6,9-10H2,1-2H3,(H2,22,23,26)/t12-/m0/s1. The summed E-state index contributed by atoms with van der Waals surface area (Å²) in [5.74, 6) is 0.357. The van der Waals surface area contributed by atoms with E-state index in [4.69, 9.17) is 17.0 Å². The summed E-state index contributed by atoms with van der Waals surface area (Å²) in [5, 5.41) is 7.82. The smallest absolute Gasteiger partial charge is 0.341 e. The van der Waals surface area contributed by atoms with E-state index in [-0.39, 0.29) is 5.97 Å². The number of benzene rings is 1. The number of methoxy groups -OCH3 is 1.